The lowest BCUT2D eigenvalue weighted by Gasteiger charge is -2.32. The number of carbonyl (C=O) groups is 1. The highest BCUT2D eigenvalue weighted by atomic mass is 79.9. The van der Waals surface area contributed by atoms with Crippen molar-refractivity contribution in [2.24, 2.45) is 0 Å². The highest BCUT2D eigenvalue weighted by Gasteiger charge is 2.29. The Morgan fingerprint density at radius 1 is 0.882 bits per heavy atom. The van der Waals surface area contributed by atoms with Crippen LogP contribution in [0.15, 0.2) is 83.3 Å². The molecule has 4 aromatic rings. The van der Waals surface area contributed by atoms with E-state index >= 15 is 0 Å². The van der Waals surface area contributed by atoms with E-state index in [1.165, 1.54) is 5.56 Å². The van der Waals surface area contributed by atoms with Crippen molar-refractivity contribution in [1.82, 2.24) is 4.98 Å². The molecule has 0 saturated heterocycles. The Hall–Kier alpha value is -3.57. The fourth-order valence-electron chi connectivity index (χ4n) is 4.27. The largest absolute Gasteiger partial charge is 0.482 e. The van der Waals surface area contributed by atoms with Crippen LogP contribution < -0.4 is 4.74 Å². The van der Waals surface area contributed by atoms with E-state index in [9.17, 15) is 4.79 Å². The second-order valence-corrected chi connectivity index (χ2v) is 9.99. The molecule has 0 unspecified atom stereocenters. The van der Waals surface area contributed by atoms with E-state index in [0.717, 1.165) is 49.4 Å². The van der Waals surface area contributed by atoms with Gasteiger partial charge in [-0.05, 0) is 101 Å². The van der Waals surface area contributed by atoms with Crippen molar-refractivity contribution < 1.29 is 14.6 Å². The normalized spacial score (nSPS) is 14.2. The molecule has 2 N–H and O–H groups in total. The summed E-state index contributed by atoms with van der Waals surface area (Å²) in [5.74, 6) is -0.0941. The molecule has 5 heteroatoms. The monoisotopic (exact) mass is 513 g/mol. The standard InChI is InChI=1S/C29H24BrNO3/c1-17-4-6-18(7-5-17)23-16-29(2,3)34-27-22(23)14-21(15-24(27)30)26-13-12-25(31-26)19-8-10-20(11-9-19)28(32)33/h4-16,31H,1-3H3,(H,32,33). The van der Waals surface area contributed by atoms with Crippen molar-refractivity contribution >= 4 is 27.5 Å². The Morgan fingerprint density at radius 3 is 2.15 bits per heavy atom. The highest BCUT2D eigenvalue weighted by Crippen LogP contribution is 2.45. The number of aromatic amines is 1. The van der Waals surface area contributed by atoms with Crippen LogP contribution in [0.5, 0.6) is 5.75 Å². The number of aromatic carboxylic acids is 1. The Morgan fingerprint density at radius 2 is 1.50 bits per heavy atom. The van der Waals surface area contributed by atoms with Crippen LogP contribution in [0.1, 0.15) is 40.9 Å². The van der Waals surface area contributed by atoms with Crippen LogP contribution in [0.25, 0.3) is 28.1 Å². The van der Waals surface area contributed by atoms with E-state index in [0.29, 0.717) is 0 Å². The molecule has 1 aromatic heterocycles. The van der Waals surface area contributed by atoms with Crippen LogP contribution in [-0.4, -0.2) is 21.7 Å². The number of fused-ring (bicyclic) bond motifs is 1. The molecule has 34 heavy (non-hydrogen) atoms. The molecule has 0 saturated carbocycles. The van der Waals surface area contributed by atoms with Gasteiger partial charge in [0.2, 0.25) is 0 Å². The number of benzene rings is 3. The number of carboxylic acid groups (broad SMARTS) is 1. The van der Waals surface area contributed by atoms with Crippen LogP contribution in [-0.2, 0) is 0 Å². The number of hydrogen-bond donors (Lipinski definition) is 2. The molecule has 0 radical (unpaired) electrons. The Balaban J connectivity index is 1.57. The van der Waals surface area contributed by atoms with Gasteiger partial charge in [0.1, 0.15) is 11.4 Å². The summed E-state index contributed by atoms with van der Waals surface area (Å²) in [7, 11) is 0. The summed E-state index contributed by atoms with van der Waals surface area (Å²) in [4.78, 5) is 14.6. The van der Waals surface area contributed by atoms with Gasteiger partial charge in [-0.1, -0.05) is 42.0 Å². The number of rotatable bonds is 4. The molecule has 4 nitrogen and oxygen atoms in total. The Labute approximate surface area is 207 Å². The Bertz CT molecular complexity index is 1430. The minimum absolute atomic E-state index is 0.271. The predicted octanol–water partition coefficient (Wildman–Crippen LogP) is 7.72. The number of aromatic nitrogens is 1. The molecule has 170 valence electrons. The number of carboxylic acids is 1. The molecule has 0 fully saturated rings. The van der Waals surface area contributed by atoms with Gasteiger partial charge in [0.05, 0.1) is 10.0 Å². The zero-order valence-corrected chi connectivity index (χ0v) is 20.7. The summed E-state index contributed by atoms with van der Waals surface area (Å²) in [6.45, 7) is 6.22. The second-order valence-electron chi connectivity index (χ2n) is 9.13. The molecule has 1 aliphatic heterocycles. The van der Waals surface area contributed by atoms with Gasteiger partial charge >= 0.3 is 5.97 Å². The summed E-state index contributed by atoms with van der Waals surface area (Å²) in [5, 5.41) is 9.14. The van der Waals surface area contributed by atoms with E-state index in [4.69, 9.17) is 9.84 Å². The maximum Gasteiger partial charge on any atom is 0.335 e. The molecule has 3 aromatic carbocycles. The average Bonchev–Trinajstić information content (AvgIpc) is 3.30. The molecular weight excluding hydrogens is 490 g/mol. The van der Waals surface area contributed by atoms with Gasteiger partial charge in [0, 0.05) is 17.0 Å². The lowest BCUT2D eigenvalue weighted by Crippen LogP contribution is -2.29. The SMILES string of the molecule is Cc1ccc(C2=CC(C)(C)Oc3c(Br)cc(-c4ccc(-c5ccc(C(=O)O)cc5)[nH]4)cc32)cc1. The first-order chi connectivity index (χ1) is 16.2. The second kappa shape index (κ2) is 8.33. The van der Waals surface area contributed by atoms with E-state index < -0.39 is 11.6 Å². The summed E-state index contributed by atoms with van der Waals surface area (Å²) in [6.07, 6.45) is 2.18. The molecule has 0 bridgehead atoms. The van der Waals surface area contributed by atoms with Crippen LogP contribution in [0, 0.1) is 6.92 Å². The van der Waals surface area contributed by atoms with Gasteiger partial charge in [-0.25, -0.2) is 4.79 Å². The number of halogens is 1. The minimum atomic E-state index is -0.930. The van der Waals surface area contributed by atoms with Gasteiger partial charge < -0.3 is 14.8 Å². The number of hydrogen-bond acceptors (Lipinski definition) is 2. The molecule has 5 rings (SSSR count). The third-order valence-corrected chi connectivity index (χ3v) is 6.58. The summed E-state index contributed by atoms with van der Waals surface area (Å²) in [5.41, 5.74) is 8.24. The topological polar surface area (TPSA) is 62.3 Å². The van der Waals surface area contributed by atoms with Crippen LogP contribution in [0.4, 0.5) is 0 Å². The summed E-state index contributed by atoms with van der Waals surface area (Å²) >= 11 is 3.74. The lowest BCUT2D eigenvalue weighted by atomic mass is 9.88. The maximum atomic E-state index is 11.1. The third-order valence-electron chi connectivity index (χ3n) is 5.99. The lowest BCUT2D eigenvalue weighted by molar-refractivity contribution is 0.0697. The number of H-pyrrole nitrogens is 1. The molecule has 0 amide bonds. The van der Waals surface area contributed by atoms with E-state index in [1.807, 2.05) is 24.3 Å². The number of aryl methyl sites for hydroxylation is 1. The van der Waals surface area contributed by atoms with Gasteiger partial charge in [-0.2, -0.15) is 0 Å². The third kappa shape index (κ3) is 4.19. The van der Waals surface area contributed by atoms with E-state index in [-0.39, 0.29) is 5.56 Å². The molecule has 0 spiro atoms. The van der Waals surface area contributed by atoms with Crippen molar-refractivity contribution in [3.63, 3.8) is 0 Å². The van der Waals surface area contributed by atoms with Crippen molar-refractivity contribution in [1.29, 1.82) is 0 Å². The van der Waals surface area contributed by atoms with Gasteiger partial charge in [-0.15, -0.1) is 0 Å². The average molecular weight is 514 g/mol. The smallest absolute Gasteiger partial charge is 0.335 e. The van der Waals surface area contributed by atoms with Crippen LogP contribution in [0.2, 0.25) is 0 Å². The first-order valence-corrected chi connectivity index (χ1v) is 11.9. The van der Waals surface area contributed by atoms with E-state index in [2.05, 4.69) is 84.2 Å². The summed E-state index contributed by atoms with van der Waals surface area (Å²) < 4.78 is 7.24. The van der Waals surface area contributed by atoms with Crippen LogP contribution in [0.3, 0.4) is 0 Å². The number of ether oxygens (including phenoxy) is 1. The molecule has 2 heterocycles. The van der Waals surface area contributed by atoms with Crippen molar-refractivity contribution in [2.45, 2.75) is 26.4 Å². The zero-order chi connectivity index (χ0) is 24.0. The zero-order valence-electron chi connectivity index (χ0n) is 19.1. The van der Waals surface area contributed by atoms with Gasteiger partial charge in [0.25, 0.3) is 0 Å². The quantitative estimate of drug-likeness (QED) is 0.293. The minimum Gasteiger partial charge on any atom is -0.482 e. The molecule has 1 aliphatic rings. The van der Waals surface area contributed by atoms with Gasteiger partial charge in [0.15, 0.2) is 0 Å². The molecular formula is C29H24BrNO3. The van der Waals surface area contributed by atoms with Crippen molar-refractivity contribution in [3.8, 4) is 28.3 Å². The first-order valence-electron chi connectivity index (χ1n) is 11.1. The maximum absolute atomic E-state index is 11.1. The van der Waals surface area contributed by atoms with Crippen LogP contribution >= 0.6 is 15.9 Å². The predicted molar refractivity (Wildman–Crippen MR) is 139 cm³/mol. The first kappa shape index (κ1) is 22.2. The number of nitrogens with one attached hydrogen (secondary N) is 1. The molecule has 0 aliphatic carbocycles. The Kier molecular flexibility index (Phi) is 5.45. The fourth-order valence-corrected chi connectivity index (χ4v) is 4.81. The van der Waals surface area contributed by atoms with Crippen molar-refractivity contribution in [3.05, 3.63) is 106 Å². The fraction of sp³-hybridized carbons (Fsp3) is 0.138. The van der Waals surface area contributed by atoms with Crippen molar-refractivity contribution in [2.75, 3.05) is 0 Å². The molecule has 0 atom stereocenters. The summed E-state index contributed by atoms with van der Waals surface area (Å²) in [6, 6.07) is 23.7. The van der Waals surface area contributed by atoms with Gasteiger partial charge in [-0.3, -0.25) is 0 Å². The highest BCUT2D eigenvalue weighted by molar-refractivity contribution is 9.10. The van der Waals surface area contributed by atoms with E-state index in [1.54, 1.807) is 12.1 Å².